The van der Waals surface area contributed by atoms with Crippen LogP contribution in [0.15, 0.2) is 11.8 Å². The largest absolute Gasteiger partial charge is 0.499 e. The van der Waals surface area contributed by atoms with Gasteiger partial charge in [0.1, 0.15) is 0 Å². The summed E-state index contributed by atoms with van der Waals surface area (Å²) in [6.07, 6.45) is 4.28. The first kappa shape index (κ1) is 16.5. The SMILES string of the molecule is CC.CC/C=C(/C)OCCCN1CCOCC1. The average Bonchev–Trinajstić information content (AvgIpc) is 2.39. The molecular weight excluding hydrogens is 214 g/mol. The number of hydrogen-bond acceptors (Lipinski definition) is 3. The molecule has 0 unspecified atom stereocenters. The monoisotopic (exact) mass is 243 g/mol. The Bertz CT molecular complexity index is 187. The number of nitrogens with zero attached hydrogens (tertiary/aromatic N) is 1. The Hall–Kier alpha value is -0.540. The molecule has 1 rings (SSSR count). The molecule has 1 aliphatic heterocycles. The highest BCUT2D eigenvalue weighted by molar-refractivity contribution is 4.86. The zero-order chi connectivity index (χ0) is 12.9. The van der Waals surface area contributed by atoms with Crippen LogP contribution >= 0.6 is 0 Å². The molecule has 0 aliphatic carbocycles. The second kappa shape index (κ2) is 11.9. The molecule has 0 N–H and O–H groups in total. The molecule has 102 valence electrons. The number of morpholine rings is 1. The minimum atomic E-state index is 0.833. The maximum absolute atomic E-state index is 5.58. The van der Waals surface area contributed by atoms with Gasteiger partial charge in [-0.2, -0.15) is 0 Å². The number of rotatable bonds is 6. The summed E-state index contributed by atoms with van der Waals surface area (Å²) >= 11 is 0. The van der Waals surface area contributed by atoms with E-state index in [0.717, 1.165) is 58.1 Å². The first-order chi connectivity index (χ1) is 8.33. The van der Waals surface area contributed by atoms with E-state index in [4.69, 9.17) is 9.47 Å². The van der Waals surface area contributed by atoms with Gasteiger partial charge in [0.2, 0.25) is 0 Å². The molecule has 0 amide bonds. The van der Waals surface area contributed by atoms with Crippen LogP contribution in [0.4, 0.5) is 0 Å². The van der Waals surface area contributed by atoms with Gasteiger partial charge in [-0.1, -0.05) is 20.8 Å². The van der Waals surface area contributed by atoms with Crippen LogP contribution in [0, 0.1) is 0 Å². The molecular formula is C14H29NO2. The fourth-order valence-corrected chi connectivity index (χ4v) is 1.69. The fourth-order valence-electron chi connectivity index (χ4n) is 1.69. The molecule has 0 aromatic heterocycles. The van der Waals surface area contributed by atoms with E-state index in [0.29, 0.717) is 0 Å². The van der Waals surface area contributed by atoms with Crippen molar-refractivity contribution < 1.29 is 9.47 Å². The second-order valence-corrected chi connectivity index (χ2v) is 3.88. The summed E-state index contributed by atoms with van der Waals surface area (Å²) in [7, 11) is 0. The quantitative estimate of drug-likeness (QED) is 0.528. The molecule has 3 nitrogen and oxygen atoms in total. The van der Waals surface area contributed by atoms with E-state index in [1.165, 1.54) is 0 Å². The molecule has 1 fully saturated rings. The van der Waals surface area contributed by atoms with Crippen molar-refractivity contribution in [2.24, 2.45) is 0 Å². The van der Waals surface area contributed by atoms with Gasteiger partial charge in [-0.05, 0) is 25.8 Å². The summed E-state index contributed by atoms with van der Waals surface area (Å²) in [5.74, 6) is 1.06. The van der Waals surface area contributed by atoms with Gasteiger partial charge in [-0.3, -0.25) is 4.90 Å². The average molecular weight is 243 g/mol. The Kier molecular flexibility index (Phi) is 11.6. The van der Waals surface area contributed by atoms with E-state index < -0.39 is 0 Å². The highest BCUT2D eigenvalue weighted by Crippen LogP contribution is 2.01. The molecule has 0 spiro atoms. The normalized spacial score (nSPS) is 17.3. The zero-order valence-corrected chi connectivity index (χ0v) is 12.0. The Labute approximate surface area is 107 Å². The van der Waals surface area contributed by atoms with Crippen molar-refractivity contribution in [2.45, 2.75) is 40.5 Å². The highest BCUT2D eigenvalue weighted by Gasteiger charge is 2.08. The van der Waals surface area contributed by atoms with E-state index in [1.807, 2.05) is 20.8 Å². The topological polar surface area (TPSA) is 21.7 Å². The van der Waals surface area contributed by atoms with Crippen molar-refractivity contribution in [3.8, 4) is 0 Å². The van der Waals surface area contributed by atoms with Crippen LogP contribution in [0.3, 0.4) is 0 Å². The van der Waals surface area contributed by atoms with E-state index in [-0.39, 0.29) is 0 Å². The van der Waals surface area contributed by atoms with Gasteiger partial charge >= 0.3 is 0 Å². The third-order valence-electron chi connectivity index (χ3n) is 2.54. The third kappa shape index (κ3) is 9.19. The van der Waals surface area contributed by atoms with E-state index in [1.54, 1.807) is 0 Å². The summed E-state index contributed by atoms with van der Waals surface area (Å²) in [5, 5.41) is 0. The van der Waals surface area contributed by atoms with Crippen LogP contribution in [0.1, 0.15) is 40.5 Å². The molecule has 0 atom stereocenters. The molecule has 0 radical (unpaired) electrons. The first-order valence-electron chi connectivity index (χ1n) is 6.92. The van der Waals surface area contributed by atoms with Gasteiger partial charge in [0.05, 0.1) is 25.6 Å². The van der Waals surface area contributed by atoms with Crippen molar-refractivity contribution in [1.82, 2.24) is 4.90 Å². The van der Waals surface area contributed by atoms with Crippen molar-refractivity contribution in [2.75, 3.05) is 39.5 Å². The van der Waals surface area contributed by atoms with Crippen LogP contribution in [0.5, 0.6) is 0 Å². The summed E-state index contributed by atoms with van der Waals surface area (Å²) < 4.78 is 10.9. The highest BCUT2D eigenvalue weighted by atomic mass is 16.5. The van der Waals surface area contributed by atoms with Gasteiger partial charge in [-0.25, -0.2) is 0 Å². The molecule has 0 aromatic carbocycles. The maximum atomic E-state index is 5.58. The van der Waals surface area contributed by atoms with Gasteiger partial charge in [0, 0.05) is 19.6 Å². The third-order valence-corrected chi connectivity index (χ3v) is 2.54. The second-order valence-electron chi connectivity index (χ2n) is 3.88. The lowest BCUT2D eigenvalue weighted by Gasteiger charge is -2.26. The van der Waals surface area contributed by atoms with E-state index in [9.17, 15) is 0 Å². The Morgan fingerprint density at radius 3 is 2.53 bits per heavy atom. The summed E-state index contributed by atoms with van der Waals surface area (Å²) in [6, 6.07) is 0. The van der Waals surface area contributed by atoms with E-state index in [2.05, 4.69) is 17.9 Å². The molecule has 1 aliphatic rings. The maximum Gasteiger partial charge on any atom is 0.0889 e. The van der Waals surface area contributed by atoms with Gasteiger partial charge in [0.15, 0.2) is 0 Å². The minimum Gasteiger partial charge on any atom is -0.499 e. The number of ether oxygens (including phenoxy) is 2. The van der Waals surface area contributed by atoms with E-state index >= 15 is 0 Å². The number of allylic oxidation sites excluding steroid dienone is 2. The molecule has 1 saturated heterocycles. The standard InChI is InChI=1S/C12H23NO2.C2H6/c1-3-5-12(2)15-9-4-6-13-7-10-14-11-8-13;1-2/h5H,3-4,6-11H2,1-2H3;1-2H3/b12-5-;. The number of hydrogen-bond donors (Lipinski definition) is 0. The molecule has 17 heavy (non-hydrogen) atoms. The zero-order valence-electron chi connectivity index (χ0n) is 12.0. The predicted octanol–water partition coefficient (Wildman–Crippen LogP) is 3.07. The van der Waals surface area contributed by atoms with Crippen LogP contribution in [-0.4, -0.2) is 44.4 Å². The molecule has 3 heteroatoms. The van der Waals surface area contributed by atoms with Crippen LogP contribution in [0.2, 0.25) is 0 Å². The lowest BCUT2D eigenvalue weighted by atomic mass is 10.3. The fraction of sp³-hybridized carbons (Fsp3) is 0.857. The van der Waals surface area contributed by atoms with Crippen molar-refractivity contribution in [1.29, 1.82) is 0 Å². The summed E-state index contributed by atoms with van der Waals surface area (Å²) in [6.45, 7) is 14.0. The van der Waals surface area contributed by atoms with Crippen LogP contribution < -0.4 is 0 Å². The summed E-state index contributed by atoms with van der Waals surface area (Å²) in [5.41, 5.74) is 0. The lowest BCUT2D eigenvalue weighted by molar-refractivity contribution is 0.0344. The van der Waals surface area contributed by atoms with Crippen LogP contribution in [-0.2, 0) is 9.47 Å². The van der Waals surface area contributed by atoms with Gasteiger partial charge in [0.25, 0.3) is 0 Å². The van der Waals surface area contributed by atoms with Crippen molar-refractivity contribution in [3.05, 3.63) is 11.8 Å². The molecule has 0 saturated carbocycles. The lowest BCUT2D eigenvalue weighted by Crippen LogP contribution is -2.37. The van der Waals surface area contributed by atoms with Crippen molar-refractivity contribution >= 4 is 0 Å². The van der Waals surface area contributed by atoms with Crippen LogP contribution in [0.25, 0.3) is 0 Å². The molecule has 0 aromatic rings. The van der Waals surface area contributed by atoms with Gasteiger partial charge in [-0.15, -0.1) is 0 Å². The Balaban J connectivity index is 0.00000121. The smallest absolute Gasteiger partial charge is 0.0889 e. The minimum absolute atomic E-state index is 0.833. The first-order valence-corrected chi connectivity index (χ1v) is 6.92. The Morgan fingerprint density at radius 2 is 1.94 bits per heavy atom. The van der Waals surface area contributed by atoms with Gasteiger partial charge < -0.3 is 9.47 Å². The Morgan fingerprint density at radius 1 is 1.29 bits per heavy atom. The molecule has 1 heterocycles. The predicted molar refractivity (Wildman–Crippen MR) is 73.2 cm³/mol. The molecule has 0 bridgehead atoms. The summed E-state index contributed by atoms with van der Waals surface area (Å²) in [4.78, 5) is 2.44. The van der Waals surface area contributed by atoms with Crippen molar-refractivity contribution in [3.63, 3.8) is 0 Å².